The van der Waals surface area contributed by atoms with E-state index in [9.17, 15) is 14.4 Å². The molecule has 7 nitrogen and oxygen atoms in total. The summed E-state index contributed by atoms with van der Waals surface area (Å²) >= 11 is 3.15. The molecule has 0 N–H and O–H groups in total. The number of amides is 1. The van der Waals surface area contributed by atoms with Gasteiger partial charge in [-0.2, -0.15) is 0 Å². The molecule has 1 heterocycles. The van der Waals surface area contributed by atoms with Gasteiger partial charge in [0.15, 0.2) is 0 Å². The lowest BCUT2D eigenvalue weighted by Crippen LogP contribution is -2.40. The monoisotopic (exact) mass is 344 g/mol. The first-order valence-corrected chi connectivity index (χ1v) is 6.31. The van der Waals surface area contributed by atoms with Gasteiger partial charge in [0, 0.05) is 6.20 Å². The number of pyridine rings is 1. The van der Waals surface area contributed by atoms with E-state index in [4.69, 9.17) is 0 Å². The second kappa shape index (κ2) is 7.59. The van der Waals surface area contributed by atoms with Crippen LogP contribution in [-0.2, 0) is 19.1 Å². The largest absolute Gasteiger partial charge is 0.468 e. The fraction of sp³-hybridized carbons (Fsp3) is 0.333. The van der Waals surface area contributed by atoms with Gasteiger partial charge in [0.25, 0.3) is 5.91 Å². The summed E-state index contributed by atoms with van der Waals surface area (Å²) in [5.41, 5.74) is 0.251. The molecule has 20 heavy (non-hydrogen) atoms. The quantitative estimate of drug-likeness (QED) is 0.575. The van der Waals surface area contributed by atoms with Gasteiger partial charge in [0.1, 0.15) is 17.7 Å². The van der Waals surface area contributed by atoms with Crippen molar-refractivity contribution in [3.8, 4) is 0 Å². The smallest absolute Gasteiger partial charge is 0.325 e. The third-order valence-corrected chi connectivity index (χ3v) is 2.83. The van der Waals surface area contributed by atoms with E-state index < -0.39 is 17.8 Å². The number of methoxy groups -OCH3 is 2. The number of esters is 2. The van der Waals surface area contributed by atoms with E-state index in [2.05, 4.69) is 30.4 Å². The van der Waals surface area contributed by atoms with Gasteiger partial charge in [-0.05, 0) is 28.1 Å². The van der Waals surface area contributed by atoms with Crippen LogP contribution < -0.4 is 0 Å². The fourth-order valence-corrected chi connectivity index (χ4v) is 1.56. The number of halogens is 1. The van der Waals surface area contributed by atoms with Crippen LogP contribution in [0, 0.1) is 0 Å². The summed E-state index contributed by atoms with van der Waals surface area (Å²) in [6.07, 6.45) is 1.34. The minimum absolute atomic E-state index is 0.251. The number of carbonyl (C=O) groups is 3. The van der Waals surface area contributed by atoms with Crippen molar-refractivity contribution >= 4 is 33.8 Å². The van der Waals surface area contributed by atoms with Gasteiger partial charge in [0.05, 0.1) is 19.8 Å². The molecule has 1 rings (SSSR count). The predicted octanol–water partition coefficient (Wildman–Crippen LogP) is 0.632. The van der Waals surface area contributed by atoms with Crippen molar-refractivity contribution in [2.75, 3.05) is 27.3 Å². The Labute approximate surface area is 124 Å². The summed E-state index contributed by atoms with van der Waals surface area (Å²) in [6.45, 7) is -0.693. The highest BCUT2D eigenvalue weighted by atomic mass is 79.9. The van der Waals surface area contributed by atoms with Crippen molar-refractivity contribution in [2.45, 2.75) is 0 Å². The lowest BCUT2D eigenvalue weighted by atomic mass is 10.2. The summed E-state index contributed by atoms with van der Waals surface area (Å²) in [7, 11) is 2.40. The Balaban J connectivity index is 2.90. The van der Waals surface area contributed by atoms with Crippen LogP contribution in [0.5, 0.6) is 0 Å². The Morgan fingerprint density at radius 2 is 1.70 bits per heavy atom. The molecule has 0 aromatic carbocycles. The first-order chi connectivity index (χ1) is 9.47. The molecule has 1 amide bonds. The number of hydrogen-bond acceptors (Lipinski definition) is 6. The molecule has 0 saturated heterocycles. The SMILES string of the molecule is COC(=O)CN(CC(=O)OC)C(=O)c1ccc(Br)nc1. The van der Waals surface area contributed by atoms with E-state index >= 15 is 0 Å². The first kappa shape index (κ1) is 16.1. The van der Waals surface area contributed by atoms with Gasteiger partial charge in [-0.15, -0.1) is 0 Å². The predicted molar refractivity (Wildman–Crippen MR) is 71.9 cm³/mol. The molecule has 0 aliphatic heterocycles. The average Bonchev–Trinajstić information content (AvgIpc) is 2.46. The van der Waals surface area contributed by atoms with Crippen molar-refractivity contribution in [3.63, 3.8) is 0 Å². The maximum absolute atomic E-state index is 12.2. The third kappa shape index (κ3) is 4.61. The molecule has 0 spiro atoms. The van der Waals surface area contributed by atoms with E-state index in [1.807, 2.05) is 0 Å². The molecular weight excluding hydrogens is 332 g/mol. The van der Waals surface area contributed by atoms with Crippen LogP contribution >= 0.6 is 15.9 Å². The summed E-state index contributed by atoms with van der Waals surface area (Å²) in [5, 5.41) is 0. The van der Waals surface area contributed by atoms with E-state index in [0.29, 0.717) is 4.60 Å². The highest BCUT2D eigenvalue weighted by Gasteiger charge is 2.22. The van der Waals surface area contributed by atoms with Gasteiger partial charge in [-0.3, -0.25) is 14.4 Å². The molecule has 0 saturated carbocycles. The van der Waals surface area contributed by atoms with E-state index in [1.165, 1.54) is 26.5 Å². The van der Waals surface area contributed by atoms with Crippen LogP contribution in [0.1, 0.15) is 10.4 Å². The van der Waals surface area contributed by atoms with Crippen molar-refractivity contribution in [3.05, 3.63) is 28.5 Å². The van der Waals surface area contributed by atoms with Crippen LogP contribution in [0.3, 0.4) is 0 Å². The molecule has 0 unspecified atom stereocenters. The summed E-state index contributed by atoms with van der Waals surface area (Å²) in [4.78, 5) is 39.7. The highest BCUT2D eigenvalue weighted by molar-refractivity contribution is 9.10. The number of carbonyl (C=O) groups excluding carboxylic acids is 3. The Bertz CT molecular complexity index is 485. The number of rotatable bonds is 5. The Morgan fingerprint density at radius 3 is 2.10 bits per heavy atom. The Kier molecular flexibility index (Phi) is 6.10. The van der Waals surface area contributed by atoms with Crippen molar-refractivity contribution < 1.29 is 23.9 Å². The molecule has 0 bridgehead atoms. The van der Waals surface area contributed by atoms with E-state index in [-0.39, 0.29) is 18.7 Å². The summed E-state index contributed by atoms with van der Waals surface area (Å²) in [6, 6.07) is 3.11. The van der Waals surface area contributed by atoms with Crippen molar-refractivity contribution in [1.29, 1.82) is 0 Å². The lowest BCUT2D eigenvalue weighted by Gasteiger charge is -2.19. The Morgan fingerprint density at radius 1 is 1.15 bits per heavy atom. The zero-order chi connectivity index (χ0) is 15.1. The molecule has 0 aliphatic carbocycles. The van der Waals surface area contributed by atoms with Gasteiger partial charge < -0.3 is 14.4 Å². The fourth-order valence-electron chi connectivity index (χ4n) is 1.33. The molecule has 0 radical (unpaired) electrons. The number of ether oxygens (including phenoxy) is 2. The van der Waals surface area contributed by atoms with Crippen molar-refractivity contribution in [1.82, 2.24) is 9.88 Å². The second-order valence-electron chi connectivity index (χ2n) is 3.68. The number of aromatic nitrogens is 1. The molecule has 0 fully saturated rings. The molecule has 8 heteroatoms. The van der Waals surface area contributed by atoms with E-state index in [1.54, 1.807) is 6.07 Å². The summed E-state index contributed by atoms with van der Waals surface area (Å²) < 4.78 is 9.56. The third-order valence-electron chi connectivity index (χ3n) is 2.36. The minimum Gasteiger partial charge on any atom is -0.468 e. The first-order valence-electron chi connectivity index (χ1n) is 5.52. The van der Waals surface area contributed by atoms with Crippen LogP contribution in [0.2, 0.25) is 0 Å². The zero-order valence-electron chi connectivity index (χ0n) is 11.0. The van der Waals surface area contributed by atoms with Gasteiger partial charge >= 0.3 is 11.9 Å². The topological polar surface area (TPSA) is 85.8 Å². The molecular formula is C12H13BrN2O5. The normalized spacial score (nSPS) is 9.75. The average molecular weight is 345 g/mol. The van der Waals surface area contributed by atoms with Crippen molar-refractivity contribution in [2.24, 2.45) is 0 Å². The van der Waals surface area contributed by atoms with E-state index in [0.717, 1.165) is 4.90 Å². The number of nitrogens with zero attached hydrogens (tertiary/aromatic N) is 2. The van der Waals surface area contributed by atoms with Crippen LogP contribution in [0.15, 0.2) is 22.9 Å². The zero-order valence-corrected chi connectivity index (χ0v) is 12.5. The minimum atomic E-state index is -0.632. The molecule has 0 atom stereocenters. The maximum Gasteiger partial charge on any atom is 0.325 e. The number of hydrogen-bond donors (Lipinski definition) is 0. The standard InChI is InChI=1S/C12H13BrN2O5/c1-19-10(16)6-15(7-11(17)20-2)12(18)8-3-4-9(13)14-5-8/h3-5H,6-7H2,1-2H3. The summed E-state index contributed by atoms with van der Waals surface area (Å²) in [5.74, 6) is -1.78. The van der Waals surface area contributed by atoms with Gasteiger partial charge in [-0.1, -0.05) is 0 Å². The maximum atomic E-state index is 12.2. The van der Waals surface area contributed by atoms with Gasteiger partial charge in [0.2, 0.25) is 0 Å². The Hall–Kier alpha value is -1.96. The second-order valence-corrected chi connectivity index (χ2v) is 4.50. The van der Waals surface area contributed by atoms with Crippen LogP contribution in [0.4, 0.5) is 0 Å². The molecule has 1 aromatic rings. The van der Waals surface area contributed by atoms with Crippen LogP contribution in [0.25, 0.3) is 0 Å². The molecule has 108 valence electrons. The molecule has 1 aromatic heterocycles. The lowest BCUT2D eigenvalue weighted by molar-refractivity contribution is -0.144. The van der Waals surface area contributed by atoms with Crippen LogP contribution in [-0.4, -0.2) is 55.0 Å². The highest BCUT2D eigenvalue weighted by Crippen LogP contribution is 2.09. The van der Waals surface area contributed by atoms with Gasteiger partial charge in [-0.25, -0.2) is 4.98 Å². The molecule has 0 aliphatic rings.